The van der Waals surface area contributed by atoms with Crippen LogP contribution in [-0.2, 0) is 16.0 Å². The Morgan fingerprint density at radius 1 is 1.55 bits per heavy atom. The molecule has 0 saturated heterocycles. The van der Waals surface area contributed by atoms with Crippen molar-refractivity contribution in [2.75, 3.05) is 6.61 Å². The van der Waals surface area contributed by atoms with Gasteiger partial charge in [-0.05, 0) is 19.4 Å². The molecule has 0 amide bonds. The van der Waals surface area contributed by atoms with E-state index in [9.17, 15) is 14.9 Å². The first-order valence-electron chi connectivity index (χ1n) is 5.80. The molecule has 0 saturated carbocycles. The fraction of sp³-hybridized carbons (Fsp3) is 0.333. The van der Waals surface area contributed by atoms with Gasteiger partial charge < -0.3 is 9.94 Å². The molecule has 8 heteroatoms. The molecule has 1 aromatic carbocycles. The second kappa shape index (κ2) is 7.59. The van der Waals surface area contributed by atoms with Crippen LogP contribution < -0.4 is 0 Å². The molecule has 0 aliphatic carbocycles. The summed E-state index contributed by atoms with van der Waals surface area (Å²) in [7, 11) is 0. The molecule has 0 radical (unpaired) electrons. The zero-order valence-corrected chi connectivity index (χ0v) is 12.3. The van der Waals surface area contributed by atoms with Crippen molar-refractivity contribution in [2.45, 2.75) is 19.8 Å². The summed E-state index contributed by atoms with van der Waals surface area (Å²) in [6, 6.07) is 4.64. The molecule has 7 nitrogen and oxygen atoms in total. The monoisotopic (exact) mass is 344 g/mol. The van der Waals surface area contributed by atoms with Gasteiger partial charge in [0.1, 0.15) is 0 Å². The van der Waals surface area contributed by atoms with E-state index in [2.05, 4.69) is 21.1 Å². The van der Waals surface area contributed by atoms with E-state index >= 15 is 0 Å². The molecule has 1 rings (SSSR count). The van der Waals surface area contributed by atoms with Gasteiger partial charge in [0, 0.05) is 22.5 Å². The van der Waals surface area contributed by atoms with E-state index in [1.54, 1.807) is 19.1 Å². The molecule has 0 heterocycles. The van der Waals surface area contributed by atoms with Crippen molar-refractivity contribution in [1.29, 1.82) is 0 Å². The molecule has 0 fully saturated rings. The molecule has 0 unspecified atom stereocenters. The van der Waals surface area contributed by atoms with Crippen LogP contribution in [0.2, 0.25) is 0 Å². The van der Waals surface area contributed by atoms with Crippen LogP contribution in [0.1, 0.15) is 18.9 Å². The Labute approximate surface area is 123 Å². The number of carbonyl (C=O) groups is 1. The van der Waals surface area contributed by atoms with Crippen molar-refractivity contribution in [1.82, 2.24) is 0 Å². The number of nitro benzene ring substituents is 1. The smallest absolute Gasteiger partial charge is 0.356 e. The van der Waals surface area contributed by atoms with E-state index in [-0.39, 0.29) is 30.8 Å². The first kappa shape index (κ1) is 16.1. The van der Waals surface area contributed by atoms with Gasteiger partial charge in [-0.15, -0.1) is 0 Å². The van der Waals surface area contributed by atoms with Crippen molar-refractivity contribution < 1.29 is 19.7 Å². The summed E-state index contributed by atoms with van der Waals surface area (Å²) in [6.45, 7) is 1.79. The lowest BCUT2D eigenvalue weighted by Gasteiger charge is -2.05. The normalized spacial score (nSPS) is 11.2. The zero-order valence-electron chi connectivity index (χ0n) is 10.7. The number of nitrogens with zero attached hydrogens (tertiary/aromatic N) is 2. The summed E-state index contributed by atoms with van der Waals surface area (Å²) < 4.78 is 5.30. The maximum absolute atomic E-state index is 11.4. The van der Waals surface area contributed by atoms with Gasteiger partial charge in [0.2, 0.25) is 0 Å². The molecule has 0 atom stereocenters. The zero-order chi connectivity index (χ0) is 15.1. The Morgan fingerprint density at radius 2 is 2.25 bits per heavy atom. The van der Waals surface area contributed by atoms with Crippen molar-refractivity contribution in [2.24, 2.45) is 5.16 Å². The molecule has 0 aliphatic rings. The van der Waals surface area contributed by atoms with Gasteiger partial charge in [0.15, 0.2) is 5.71 Å². The molecule has 0 aromatic heterocycles. The van der Waals surface area contributed by atoms with Crippen LogP contribution in [0.25, 0.3) is 0 Å². The van der Waals surface area contributed by atoms with Crippen LogP contribution in [0.4, 0.5) is 5.69 Å². The largest absolute Gasteiger partial charge is 0.461 e. The third-order valence-electron chi connectivity index (χ3n) is 2.51. The maximum Gasteiger partial charge on any atom is 0.356 e. The standard InChI is InChI=1S/C12H13BrN2O5/c1-2-20-12(16)10(14-17)6-4-8-3-5-9(13)7-11(8)15(18)19/h3,5,7,17H,2,4,6H2,1H3/b14-10-. The minimum Gasteiger partial charge on any atom is -0.461 e. The van der Waals surface area contributed by atoms with E-state index in [1.165, 1.54) is 6.07 Å². The van der Waals surface area contributed by atoms with Crippen LogP contribution in [-0.4, -0.2) is 28.4 Å². The Bertz CT molecular complexity index is 545. The number of esters is 1. The summed E-state index contributed by atoms with van der Waals surface area (Å²) >= 11 is 3.16. The first-order valence-corrected chi connectivity index (χ1v) is 6.59. The number of hydrogen-bond donors (Lipinski definition) is 1. The maximum atomic E-state index is 11.4. The topological polar surface area (TPSA) is 102 Å². The number of rotatable bonds is 6. The molecule has 1 aromatic rings. The first-order chi connectivity index (χ1) is 9.49. The van der Waals surface area contributed by atoms with Gasteiger partial charge in [0.25, 0.3) is 5.69 Å². The van der Waals surface area contributed by atoms with E-state index in [1.807, 2.05) is 0 Å². The Hall–Kier alpha value is -1.96. The van der Waals surface area contributed by atoms with Gasteiger partial charge in [-0.2, -0.15) is 0 Å². The van der Waals surface area contributed by atoms with Crippen molar-refractivity contribution in [3.63, 3.8) is 0 Å². The van der Waals surface area contributed by atoms with E-state index < -0.39 is 10.9 Å². The SMILES string of the molecule is CCOC(=O)/C(CCc1ccc(Br)cc1[N+](=O)[O-])=N\O. The predicted octanol–water partition coefficient (Wildman–Crippen LogP) is 2.68. The van der Waals surface area contributed by atoms with Crippen LogP contribution in [0.15, 0.2) is 27.8 Å². The molecule has 20 heavy (non-hydrogen) atoms. The van der Waals surface area contributed by atoms with Crippen molar-refractivity contribution in [3.8, 4) is 0 Å². The number of aryl methyl sites for hydroxylation is 1. The fourth-order valence-electron chi connectivity index (χ4n) is 1.58. The summed E-state index contributed by atoms with van der Waals surface area (Å²) in [6.07, 6.45) is 0.250. The highest BCUT2D eigenvalue weighted by atomic mass is 79.9. The minimum absolute atomic E-state index is 0.0534. The number of ether oxygens (including phenoxy) is 1. The molecular formula is C12H13BrN2O5. The third kappa shape index (κ3) is 4.30. The highest BCUT2D eigenvalue weighted by molar-refractivity contribution is 9.10. The van der Waals surface area contributed by atoms with Crippen LogP contribution >= 0.6 is 15.9 Å². The molecule has 1 N–H and O–H groups in total. The average molecular weight is 345 g/mol. The molecule has 0 aliphatic heterocycles. The second-order valence-electron chi connectivity index (χ2n) is 3.80. The number of halogens is 1. The van der Waals surface area contributed by atoms with Gasteiger partial charge in [-0.3, -0.25) is 10.1 Å². The lowest BCUT2D eigenvalue weighted by Crippen LogP contribution is -2.18. The number of nitro groups is 1. The highest BCUT2D eigenvalue weighted by Crippen LogP contribution is 2.24. The van der Waals surface area contributed by atoms with Gasteiger partial charge in [-0.25, -0.2) is 4.79 Å². The fourth-order valence-corrected chi connectivity index (χ4v) is 1.93. The number of oxime groups is 1. The van der Waals surface area contributed by atoms with Crippen LogP contribution in [0.3, 0.4) is 0 Å². The molecular weight excluding hydrogens is 332 g/mol. The molecule has 0 bridgehead atoms. The van der Waals surface area contributed by atoms with Gasteiger partial charge in [-0.1, -0.05) is 27.2 Å². The Balaban J connectivity index is 2.84. The summed E-state index contributed by atoms with van der Waals surface area (Å²) in [5.74, 6) is -0.727. The predicted molar refractivity (Wildman–Crippen MR) is 75.0 cm³/mol. The van der Waals surface area contributed by atoms with Crippen LogP contribution in [0, 0.1) is 10.1 Å². The lowest BCUT2D eigenvalue weighted by molar-refractivity contribution is -0.385. The molecule has 0 spiro atoms. The summed E-state index contributed by atoms with van der Waals surface area (Å²) in [5, 5.41) is 22.6. The van der Waals surface area contributed by atoms with Crippen molar-refractivity contribution >= 4 is 33.3 Å². The summed E-state index contributed by atoms with van der Waals surface area (Å²) in [4.78, 5) is 21.9. The lowest BCUT2D eigenvalue weighted by atomic mass is 10.1. The van der Waals surface area contributed by atoms with Gasteiger partial charge in [0.05, 0.1) is 11.5 Å². The van der Waals surface area contributed by atoms with E-state index in [0.29, 0.717) is 10.0 Å². The quantitative estimate of drug-likeness (QED) is 0.281. The Kier molecular flexibility index (Phi) is 6.10. The number of benzene rings is 1. The van der Waals surface area contributed by atoms with Crippen molar-refractivity contribution in [3.05, 3.63) is 38.3 Å². The minimum atomic E-state index is -0.727. The van der Waals surface area contributed by atoms with Crippen LogP contribution in [0.5, 0.6) is 0 Å². The third-order valence-corrected chi connectivity index (χ3v) is 3.00. The Morgan fingerprint density at radius 3 is 2.80 bits per heavy atom. The summed E-state index contributed by atoms with van der Waals surface area (Å²) in [5.41, 5.74) is 0.230. The van der Waals surface area contributed by atoms with E-state index in [4.69, 9.17) is 9.94 Å². The average Bonchev–Trinajstić information content (AvgIpc) is 2.41. The number of hydrogen-bond acceptors (Lipinski definition) is 6. The van der Waals surface area contributed by atoms with E-state index in [0.717, 1.165) is 0 Å². The highest BCUT2D eigenvalue weighted by Gasteiger charge is 2.18. The van der Waals surface area contributed by atoms with Gasteiger partial charge >= 0.3 is 5.97 Å². The second-order valence-corrected chi connectivity index (χ2v) is 4.71. The number of carbonyl (C=O) groups excluding carboxylic acids is 1. The molecule has 108 valence electrons.